The van der Waals surface area contributed by atoms with Gasteiger partial charge in [-0.2, -0.15) is 5.26 Å². The van der Waals surface area contributed by atoms with E-state index in [-0.39, 0.29) is 0 Å². The van der Waals surface area contributed by atoms with Crippen LogP contribution in [0.5, 0.6) is 0 Å². The molecule has 3 nitrogen and oxygen atoms in total. The molecule has 72 valence electrons. The third-order valence-corrected chi connectivity index (χ3v) is 1.99. The van der Waals surface area contributed by atoms with E-state index in [2.05, 4.69) is 16.0 Å². The van der Waals surface area contributed by atoms with Gasteiger partial charge in [-0.1, -0.05) is 18.2 Å². The standard InChI is InChI=1S/C12H9N3/c13-7-11-3-1-2-10(6-11)4-5-12-8-14-9-15-12/h1-6,8-9H,(H,14,15)/b5-4+. The number of benzene rings is 1. The van der Waals surface area contributed by atoms with Crippen LogP contribution >= 0.6 is 0 Å². The maximum absolute atomic E-state index is 8.72. The first-order chi connectivity index (χ1) is 7.38. The second kappa shape index (κ2) is 4.25. The van der Waals surface area contributed by atoms with Crippen LogP contribution in [0.25, 0.3) is 12.2 Å². The highest BCUT2D eigenvalue weighted by Gasteiger charge is 1.91. The molecule has 0 amide bonds. The summed E-state index contributed by atoms with van der Waals surface area (Å²) in [6.45, 7) is 0. The molecule has 1 N–H and O–H groups in total. The zero-order chi connectivity index (χ0) is 10.5. The van der Waals surface area contributed by atoms with Crippen LogP contribution in [0.3, 0.4) is 0 Å². The number of aromatic nitrogens is 2. The first kappa shape index (κ1) is 9.22. The Morgan fingerprint density at radius 3 is 3.00 bits per heavy atom. The summed E-state index contributed by atoms with van der Waals surface area (Å²) in [5.41, 5.74) is 2.61. The van der Waals surface area contributed by atoms with Crippen LogP contribution in [-0.2, 0) is 0 Å². The molecule has 2 aromatic rings. The molecule has 0 saturated carbocycles. The van der Waals surface area contributed by atoms with Crippen molar-refractivity contribution in [1.82, 2.24) is 9.97 Å². The van der Waals surface area contributed by atoms with E-state index in [1.165, 1.54) is 0 Å². The second-order valence-corrected chi connectivity index (χ2v) is 3.08. The minimum Gasteiger partial charge on any atom is -0.345 e. The molecule has 0 aliphatic heterocycles. The molecule has 0 spiro atoms. The average Bonchev–Trinajstić information content (AvgIpc) is 2.79. The number of aromatic amines is 1. The zero-order valence-corrected chi connectivity index (χ0v) is 8.01. The fourth-order valence-corrected chi connectivity index (χ4v) is 1.26. The van der Waals surface area contributed by atoms with Crippen LogP contribution in [0, 0.1) is 11.3 Å². The van der Waals surface area contributed by atoms with Crippen molar-refractivity contribution in [2.24, 2.45) is 0 Å². The number of H-pyrrole nitrogens is 1. The van der Waals surface area contributed by atoms with Gasteiger partial charge in [-0.15, -0.1) is 0 Å². The Hall–Kier alpha value is -2.34. The molecule has 15 heavy (non-hydrogen) atoms. The molecule has 1 aromatic heterocycles. The summed E-state index contributed by atoms with van der Waals surface area (Å²) in [5.74, 6) is 0. The lowest BCUT2D eigenvalue weighted by Gasteiger charge is -1.92. The molecule has 0 atom stereocenters. The van der Waals surface area contributed by atoms with Crippen molar-refractivity contribution in [3.8, 4) is 6.07 Å². The van der Waals surface area contributed by atoms with Crippen LogP contribution in [0.1, 0.15) is 16.8 Å². The average molecular weight is 195 g/mol. The molecular weight excluding hydrogens is 186 g/mol. The molecule has 0 fully saturated rings. The molecule has 1 heterocycles. The third kappa shape index (κ3) is 2.32. The maximum atomic E-state index is 8.72. The zero-order valence-electron chi connectivity index (χ0n) is 8.01. The number of nitrogens with zero attached hydrogens (tertiary/aromatic N) is 2. The van der Waals surface area contributed by atoms with Gasteiger partial charge < -0.3 is 4.98 Å². The smallest absolute Gasteiger partial charge is 0.0991 e. The Bertz CT molecular complexity index is 504. The minimum atomic E-state index is 0.668. The number of hydrogen-bond acceptors (Lipinski definition) is 2. The van der Waals surface area contributed by atoms with Crippen molar-refractivity contribution in [3.05, 3.63) is 53.6 Å². The van der Waals surface area contributed by atoms with Gasteiger partial charge in [0.1, 0.15) is 0 Å². The summed E-state index contributed by atoms with van der Waals surface area (Å²) in [5, 5.41) is 8.72. The van der Waals surface area contributed by atoms with Gasteiger partial charge in [0.05, 0.1) is 29.9 Å². The van der Waals surface area contributed by atoms with Gasteiger partial charge in [-0.3, -0.25) is 0 Å². The number of nitriles is 1. The van der Waals surface area contributed by atoms with Crippen LogP contribution in [0.4, 0.5) is 0 Å². The predicted octanol–water partition coefficient (Wildman–Crippen LogP) is 2.45. The van der Waals surface area contributed by atoms with E-state index in [1.807, 2.05) is 30.4 Å². The van der Waals surface area contributed by atoms with Gasteiger partial charge in [-0.05, 0) is 23.8 Å². The third-order valence-electron chi connectivity index (χ3n) is 1.99. The van der Waals surface area contributed by atoms with Gasteiger partial charge in [0, 0.05) is 0 Å². The minimum absolute atomic E-state index is 0.668. The SMILES string of the molecule is N#Cc1cccc(/C=C/c2cnc[nH]2)c1. The van der Waals surface area contributed by atoms with Crippen molar-refractivity contribution in [1.29, 1.82) is 5.26 Å². The van der Waals surface area contributed by atoms with Crippen molar-refractivity contribution in [2.75, 3.05) is 0 Å². The highest BCUT2D eigenvalue weighted by molar-refractivity contribution is 5.68. The van der Waals surface area contributed by atoms with Crippen LogP contribution < -0.4 is 0 Å². The van der Waals surface area contributed by atoms with Crippen LogP contribution in [0.2, 0.25) is 0 Å². The molecule has 0 radical (unpaired) electrons. The summed E-state index contributed by atoms with van der Waals surface area (Å²) in [4.78, 5) is 6.88. The Morgan fingerprint density at radius 2 is 2.27 bits per heavy atom. The van der Waals surface area contributed by atoms with E-state index in [0.29, 0.717) is 5.56 Å². The van der Waals surface area contributed by atoms with Gasteiger partial charge in [0.15, 0.2) is 0 Å². The van der Waals surface area contributed by atoms with Gasteiger partial charge in [0.2, 0.25) is 0 Å². The normalized spacial score (nSPS) is 10.3. The first-order valence-electron chi connectivity index (χ1n) is 4.55. The second-order valence-electron chi connectivity index (χ2n) is 3.08. The maximum Gasteiger partial charge on any atom is 0.0991 e. The molecule has 0 bridgehead atoms. The Kier molecular flexibility index (Phi) is 2.61. The van der Waals surface area contributed by atoms with Crippen molar-refractivity contribution < 1.29 is 0 Å². The number of hydrogen-bond donors (Lipinski definition) is 1. The highest BCUT2D eigenvalue weighted by Crippen LogP contribution is 2.08. The van der Waals surface area contributed by atoms with E-state index in [9.17, 15) is 0 Å². The highest BCUT2D eigenvalue weighted by atomic mass is 14.8. The Labute approximate surface area is 87.7 Å². The summed E-state index contributed by atoms with van der Waals surface area (Å²) >= 11 is 0. The molecule has 0 saturated heterocycles. The molecule has 0 unspecified atom stereocenters. The lowest BCUT2D eigenvalue weighted by molar-refractivity contribution is 1.31. The fourth-order valence-electron chi connectivity index (χ4n) is 1.26. The summed E-state index contributed by atoms with van der Waals surface area (Å²) in [7, 11) is 0. The van der Waals surface area contributed by atoms with E-state index in [0.717, 1.165) is 11.3 Å². The number of rotatable bonds is 2. The molecule has 0 aliphatic rings. The van der Waals surface area contributed by atoms with E-state index in [1.54, 1.807) is 18.6 Å². The van der Waals surface area contributed by atoms with Gasteiger partial charge in [0.25, 0.3) is 0 Å². The monoisotopic (exact) mass is 195 g/mol. The van der Waals surface area contributed by atoms with Crippen molar-refractivity contribution in [3.63, 3.8) is 0 Å². The number of nitrogens with one attached hydrogen (secondary N) is 1. The quantitative estimate of drug-likeness (QED) is 0.800. The van der Waals surface area contributed by atoms with Gasteiger partial charge in [-0.25, -0.2) is 4.98 Å². The fraction of sp³-hybridized carbons (Fsp3) is 0. The summed E-state index contributed by atoms with van der Waals surface area (Å²) < 4.78 is 0. The van der Waals surface area contributed by atoms with Crippen LogP contribution in [-0.4, -0.2) is 9.97 Å². The van der Waals surface area contributed by atoms with E-state index >= 15 is 0 Å². The summed E-state index contributed by atoms with van der Waals surface area (Å²) in [6.07, 6.45) is 7.23. The molecule has 2 rings (SSSR count). The Balaban J connectivity index is 2.21. The van der Waals surface area contributed by atoms with E-state index in [4.69, 9.17) is 5.26 Å². The van der Waals surface area contributed by atoms with Crippen molar-refractivity contribution >= 4 is 12.2 Å². The van der Waals surface area contributed by atoms with Crippen molar-refractivity contribution in [2.45, 2.75) is 0 Å². The lowest BCUT2D eigenvalue weighted by atomic mass is 10.1. The van der Waals surface area contributed by atoms with Crippen LogP contribution in [0.15, 0.2) is 36.8 Å². The molecule has 3 heteroatoms. The van der Waals surface area contributed by atoms with E-state index < -0.39 is 0 Å². The largest absolute Gasteiger partial charge is 0.345 e. The number of imidazole rings is 1. The summed E-state index contributed by atoms with van der Waals surface area (Å²) in [6, 6.07) is 9.55. The first-order valence-corrected chi connectivity index (χ1v) is 4.55. The Morgan fingerprint density at radius 1 is 1.33 bits per heavy atom. The lowest BCUT2D eigenvalue weighted by Crippen LogP contribution is -1.76. The van der Waals surface area contributed by atoms with Gasteiger partial charge >= 0.3 is 0 Å². The predicted molar refractivity (Wildman–Crippen MR) is 58.7 cm³/mol. The molecule has 1 aromatic carbocycles. The molecular formula is C12H9N3. The topological polar surface area (TPSA) is 52.5 Å². The molecule has 0 aliphatic carbocycles.